The molecule has 7 nitrogen and oxygen atoms in total. The third-order valence-corrected chi connectivity index (χ3v) is 4.15. The highest BCUT2D eigenvalue weighted by Gasteiger charge is 2.41. The number of aliphatic carboxylic acids is 1. The minimum atomic E-state index is -1.05. The van der Waals surface area contributed by atoms with Gasteiger partial charge in [-0.05, 0) is 19.1 Å². The Balaban J connectivity index is 1.90. The average Bonchev–Trinajstić information content (AvgIpc) is 3.19. The van der Waals surface area contributed by atoms with Gasteiger partial charge in [-0.1, -0.05) is 18.2 Å². The van der Waals surface area contributed by atoms with Crippen molar-refractivity contribution in [2.24, 2.45) is 0 Å². The maximum atomic E-state index is 12.8. The van der Waals surface area contributed by atoms with Crippen LogP contribution in [0.4, 0.5) is 0 Å². The van der Waals surface area contributed by atoms with Crippen LogP contribution < -0.4 is 0 Å². The van der Waals surface area contributed by atoms with E-state index >= 15 is 0 Å². The van der Waals surface area contributed by atoms with E-state index in [1.807, 2.05) is 30.3 Å². The standard InChI is InChI=1S/C17H18N2O5/c1-10-14(24-15(18-10)11-6-4-3-5-7-11)16(20)19-9-12(23-2)8-13(19)17(21)22/h3-7,12-13H,8-9H2,1-2H3,(H,21,22). The number of methoxy groups -OCH3 is 1. The van der Waals surface area contributed by atoms with E-state index in [0.29, 0.717) is 11.6 Å². The highest BCUT2D eigenvalue weighted by molar-refractivity contribution is 5.96. The third-order valence-electron chi connectivity index (χ3n) is 4.15. The number of carbonyl (C=O) groups is 2. The summed E-state index contributed by atoms with van der Waals surface area (Å²) in [4.78, 5) is 29.8. The number of carbonyl (C=O) groups excluding carboxylic acids is 1. The van der Waals surface area contributed by atoms with Crippen molar-refractivity contribution in [3.63, 3.8) is 0 Å². The van der Waals surface area contributed by atoms with Crippen LogP contribution in [0, 0.1) is 6.92 Å². The lowest BCUT2D eigenvalue weighted by Crippen LogP contribution is -2.40. The molecule has 1 aliphatic heterocycles. The van der Waals surface area contributed by atoms with Crippen molar-refractivity contribution in [1.82, 2.24) is 9.88 Å². The van der Waals surface area contributed by atoms with Crippen LogP contribution in [0.25, 0.3) is 11.5 Å². The SMILES string of the molecule is COC1CC(C(=O)O)N(C(=O)c2oc(-c3ccccc3)nc2C)C1. The van der Waals surface area contributed by atoms with Crippen molar-refractivity contribution in [3.8, 4) is 11.5 Å². The number of rotatable bonds is 4. The van der Waals surface area contributed by atoms with Crippen LogP contribution in [0.1, 0.15) is 22.7 Å². The number of hydrogen-bond acceptors (Lipinski definition) is 5. The minimum absolute atomic E-state index is 0.0665. The molecule has 0 spiro atoms. The lowest BCUT2D eigenvalue weighted by Gasteiger charge is -2.19. The molecule has 1 saturated heterocycles. The Morgan fingerprint density at radius 2 is 2.04 bits per heavy atom. The molecule has 1 N–H and O–H groups in total. The number of aromatic nitrogens is 1. The van der Waals surface area contributed by atoms with Gasteiger partial charge in [0, 0.05) is 25.6 Å². The van der Waals surface area contributed by atoms with Gasteiger partial charge in [-0.2, -0.15) is 0 Å². The number of likely N-dealkylation sites (tertiary alicyclic amines) is 1. The molecule has 0 aliphatic carbocycles. The average molecular weight is 330 g/mol. The van der Waals surface area contributed by atoms with Gasteiger partial charge in [0.15, 0.2) is 0 Å². The monoisotopic (exact) mass is 330 g/mol. The van der Waals surface area contributed by atoms with Gasteiger partial charge >= 0.3 is 5.97 Å². The minimum Gasteiger partial charge on any atom is -0.480 e. The molecule has 2 atom stereocenters. The number of nitrogens with zero attached hydrogens (tertiary/aromatic N) is 2. The Morgan fingerprint density at radius 1 is 1.33 bits per heavy atom. The van der Waals surface area contributed by atoms with E-state index < -0.39 is 17.9 Å². The van der Waals surface area contributed by atoms with Crippen LogP contribution >= 0.6 is 0 Å². The molecule has 1 aromatic heterocycles. The summed E-state index contributed by atoms with van der Waals surface area (Å²) in [6.07, 6.45) is -0.0390. The number of carboxylic acids is 1. The Labute approximate surface area is 138 Å². The lowest BCUT2D eigenvalue weighted by molar-refractivity contribution is -0.141. The predicted molar refractivity (Wildman–Crippen MR) is 84.6 cm³/mol. The maximum absolute atomic E-state index is 12.8. The van der Waals surface area contributed by atoms with E-state index in [0.717, 1.165) is 5.56 Å². The van der Waals surface area contributed by atoms with Crippen LogP contribution in [-0.4, -0.2) is 52.7 Å². The van der Waals surface area contributed by atoms with Crippen molar-refractivity contribution < 1.29 is 23.8 Å². The summed E-state index contributed by atoms with van der Waals surface area (Å²) >= 11 is 0. The Bertz CT molecular complexity index is 756. The third kappa shape index (κ3) is 2.90. The largest absolute Gasteiger partial charge is 0.480 e. The van der Waals surface area contributed by atoms with Gasteiger partial charge in [-0.15, -0.1) is 0 Å². The molecule has 126 valence electrons. The van der Waals surface area contributed by atoms with Crippen LogP contribution in [-0.2, 0) is 9.53 Å². The van der Waals surface area contributed by atoms with E-state index in [4.69, 9.17) is 9.15 Å². The molecule has 0 saturated carbocycles. The summed E-state index contributed by atoms with van der Waals surface area (Å²) in [5.41, 5.74) is 1.19. The summed E-state index contributed by atoms with van der Waals surface area (Å²) in [5.74, 6) is -1.12. The molecule has 0 radical (unpaired) electrons. The van der Waals surface area contributed by atoms with E-state index in [1.54, 1.807) is 6.92 Å². The molecule has 1 aromatic carbocycles. The van der Waals surface area contributed by atoms with Crippen molar-refractivity contribution in [2.75, 3.05) is 13.7 Å². The predicted octanol–water partition coefficient (Wildman–Crippen LogP) is 1.96. The van der Waals surface area contributed by atoms with Crippen molar-refractivity contribution in [2.45, 2.75) is 25.5 Å². The number of aryl methyl sites for hydroxylation is 1. The topological polar surface area (TPSA) is 92.9 Å². The van der Waals surface area contributed by atoms with Gasteiger partial charge in [0.25, 0.3) is 5.91 Å². The van der Waals surface area contributed by atoms with E-state index in [-0.39, 0.29) is 24.8 Å². The van der Waals surface area contributed by atoms with Crippen LogP contribution in [0.3, 0.4) is 0 Å². The second-order valence-electron chi connectivity index (χ2n) is 5.70. The van der Waals surface area contributed by atoms with E-state index in [1.165, 1.54) is 12.0 Å². The zero-order chi connectivity index (χ0) is 17.3. The second-order valence-corrected chi connectivity index (χ2v) is 5.70. The first kappa shape index (κ1) is 16.2. The summed E-state index contributed by atoms with van der Waals surface area (Å²) in [6.45, 7) is 1.88. The lowest BCUT2D eigenvalue weighted by atomic mass is 10.2. The van der Waals surface area contributed by atoms with Gasteiger partial charge in [-0.3, -0.25) is 4.79 Å². The number of hydrogen-bond donors (Lipinski definition) is 1. The van der Waals surface area contributed by atoms with E-state index in [9.17, 15) is 14.7 Å². The first-order valence-corrected chi connectivity index (χ1v) is 7.60. The number of ether oxygens (including phenoxy) is 1. The zero-order valence-corrected chi connectivity index (χ0v) is 13.4. The first-order valence-electron chi connectivity index (χ1n) is 7.60. The summed E-state index contributed by atoms with van der Waals surface area (Å²) in [6, 6.07) is 8.30. The molecule has 24 heavy (non-hydrogen) atoms. The highest BCUT2D eigenvalue weighted by atomic mass is 16.5. The van der Waals surface area contributed by atoms with Crippen molar-refractivity contribution in [1.29, 1.82) is 0 Å². The fourth-order valence-electron chi connectivity index (χ4n) is 2.86. The van der Waals surface area contributed by atoms with Gasteiger partial charge in [-0.25, -0.2) is 9.78 Å². The fraction of sp³-hybridized carbons (Fsp3) is 0.353. The van der Waals surface area contributed by atoms with Gasteiger partial charge in [0.1, 0.15) is 6.04 Å². The second kappa shape index (κ2) is 6.45. The zero-order valence-electron chi connectivity index (χ0n) is 13.4. The number of carboxylic acid groups (broad SMARTS) is 1. The van der Waals surface area contributed by atoms with Crippen molar-refractivity contribution >= 4 is 11.9 Å². The molecule has 1 amide bonds. The highest BCUT2D eigenvalue weighted by Crippen LogP contribution is 2.27. The molecular formula is C17H18N2O5. The number of benzene rings is 1. The molecule has 1 aliphatic rings. The van der Waals surface area contributed by atoms with E-state index in [2.05, 4.69) is 4.98 Å². The van der Waals surface area contributed by atoms with Crippen LogP contribution in [0.5, 0.6) is 0 Å². The molecule has 0 bridgehead atoms. The Morgan fingerprint density at radius 3 is 2.67 bits per heavy atom. The smallest absolute Gasteiger partial charge is 0.326 e. The Kier molecular flexibility index (Phi) is 4.35. The normalized spacial score (nSPS) is 20.3. The van der Waals surface area contributed by atoms with Gasteiger partial charge < -0.3 is 19.2 Å². The summed E-state index contributed by atoms with van der Waals surface area (Å²) < 4.78 is 10.8. The number of oxazole rings is 1. The molecule has 7 heteroatoms. The molecular weight excluding hydrogens is 312 g/mol. The molecule has 2 unspecified atom stereocenters. The van der Waals surface area contributed by atoms with Crippen LogP contribution in [0.2, 0.25) is 0 Å². The maximum Gasteiger partial charge on any atom is 0.326 e. The molecule has 1 fully saturated rings. The molecule has 2 heterocycles. The summed E-state index contributed by atoms with van der Waals surface area (Å²) in [7, 11) is 1.50. The Hall–Kier alpha value is -2.67. The number of amides is 1. The van der Waals surface area contributed by atoms with Gasteiger partial charge in [0.2, 0.25) is 11.7 Å². The molecule has 2 aromatic rings. The van der Waals surface area contributed by atoms with Gasteiger partial charge in [0.05, 0.1) is 11.8 Å². The summed E-state index contributed by atoms with van der Waals surface area (Å²) in [5, 5.41) is 9.35. The van der Waals surface area contributed by atoms with Crippen LogP contribution in [0.15, 0.2) is 34.7 Å². The first-order chi connectivity index (χ1) is 11.5. The quantitative estimate of drug-likeness (QED) is 0.921. The fourth-order valence-corrected chi connectivity index (χ4v) is 2.86. The molecule has 3 rings (SSSR count). The van der Waals surface area contributed by atoms with Crippen molar-refractivity contribution in [3.05, 3.63) is 41.8 Å².